The number of thiophene rings is 1. The predicted octanol–water partition coefficient (Wildman–Crippen LogP) is 5.32. The normalized spacial score (nSPS) is 10.9. The van der Waals surface area contributed by atoms with E-state index in [0.29, 0.717) is 5.39 Å². The fraction of sp³-hybridized carbons (Fsp3) is 0.0625. The van der Waals surface area contributed by atoms with Crippen LogP contribution in [-0.4, -0.2) is 17.4 Å². The number of rotatable bonds is 5. The number of alkyl halides is 2. The van der Waals surface area contributed by atoms with E-state index in [1.165, 1.54) is 36.4 Å². The first-order valence-corrected chi connectivity index (χ1v) is 8.28. The molecule has 0 saturated heterocycles. The molecule has 26 heavy (non-hydrogen) atoms. The molecule has 2 aromatic carbocycles. The second kappa shape index (κ2) is 7.22. The SMILES string of the molecule is O=C(Nc1ccccc1OC(F)F)c1sc2c([N+](=O)[O-])cccc2c1Cl. The van der Waals surface area contributed by atoms with E-state index in [1.807, 2.05) is 0 Å². The molecule has 0 aliphatic rings. The molecule has 0 spiro atoms. The minimum absolute atomic E-state index is 0.0285. The number of para-hydroxylation sites is 2. The highest BCUT2D eigenvalue weighted by molar-refractivity contribution is 7.22. The summed E-state index contributed by atoms with van der Waals surface area (Å²) in [7, 11) is 0. The fourth-order valence-electron chi connectivity index (χ4n) is 2.31. The van der Waals surface area contributed by atoms with Crippen LogP contribution >= 0.6 is 22.9 Å². The molecule has 0 saturated carbocycles. The number of ether oxygens (including phenoxy) is 1. The van der Waals surface area contributed by atoms with Crippen molar-refractivity contribution in [1.29, 1.82) is 0 Å². The largest absolute Gasteiger partial charge is 0.433 e. The van der Waals surface area contributed by atoms with Gasteiger partial charge in [-0.25, -0.2) is 0 Å². The molecule has 0 radical (unpaired) electrons. The van der Waals surface area contributed by atoms with Crippen LogP contribution in [0.25, 0.3) is 10.1 Å². The lowest BCUT2D eigenvalue weighted by Gasteiger charge is -2.11. The molecule has 0 unspecified atom stereocenters. The molecule has 1 amide bonds. The van der Waals surface area contributed by atoms with E-state index in [4.69, 9.17) is 11.6 Å². The van der Waals surface area contributed by atoms with Crippen LogP contribution in [-0.2, 0) is 0 Å². The van der Waals surface area contributed by atoms with Gasteiger partial charge in [0.15, 0.2) is 0 Å². The Hall–Kier alpha value is -2.78. The van der Waals surface area contributed by atoms with Crippen molar-refractivity contribution in [3.8, 4) is 5.75 Å². The van der Waals surface area contributed by atoms with E-state index in [2.05, 4.69) is 10.1 Å². The second-order valence-electron chi connectivity index (χ2n) is 4.98. The lowest BCUT2D eigenvalue weighted by Crippen LogP contribution is -2.13. The van der Waals surface area contributed by atoms with Crippen molar-refractivity contribution in [2.45, 2.75) is 6.61 Å². The lowest BCUT2D eigenvalue weighted by atomic mass is 10.2. The summed E-state index contributed by atoms with van der Waals surface area (Å²) >= 11 is 7.05. The van der Waals surface area contributed by atoms with Crippen LogP contribution in [0.15, 0.2) is 42.5 Å². The number of benzene rings is 2. The Labute approximate surface area is 154 Å². The van der Waals surface area contributed by atoms with Crippen LogP contribution in [0.1, 0.15) is 9.67 Å². The van der Waals surface area contributed by atoms with E-state index in [9.17, 15) is 23.7 Å². The van der Waals surface area contributed by atoms with Crippen LogP contribution in [0.4, 0.5) is 20.2 Å². The van der Waals surface area contributed by atoms with Crippen molar-refractivity contribution in [3.05, 3.63) is 62.5 Å². The highest BCUT2D eigenvalue weighted by Crippen LogP contribution is 2.40. The van der Waals surface area contributed by atoms with Gasteiger partial charge in [0.1, 0.15) is 15.3 Å². The number of fused-ring (bicyclic) bond motifs is 1. The predicted molar refractivity (Wildman–Crippen MR) is 94.5 cm³/mol. The first-order valence-electron chi connectivity index (χ1n) is 7.09. The van der Waals surface area contributed by atoms with Crippen LogP contribution < -0.4 is 10.1 Å². The summed E-state index contributed by atoms with van der Waals surface area (Å²) in [4.78, 5) is 23.1. The number of non-ortho nitro benzene ring substituents is 1. The zero-order valence-electron chi connectivity index (χ0n) is 12.7. The number of nitrogens with one attached hydrogen (secondary N) is 1. The number of amides is 1. The van der Waals surface area contributed by atoms with Gasteiger partial charge in [-0.2, -0.15) is 8.78 Å². The van der Waals surface area contributed by atoms with Gasteiger partial charge in [0.2, 0.25) is 0 Å². The number of hydrogen-bond acceptors (Lipinski definition) is 5. The highest BCUT2D eigenvalue weighted by atomic mass is 35.5. The van der Waals surface area contributed by atoms with Crippen molar-refractivity contribution >= 4 is 50.3 Å². The van der Waals surface area contributed by atoms with Gasteiger partial charge in [-0.05, 0) is 12.1 Å². The Morgan fingerprint density at radius 1 is 1.23 bits per heavy atom. The summed E-state index contributed by atoms with van der Waals surface area (Å²) in [6.45, 7) is -3.05. The molecule has 3 rings (SSSR count). The molecule has 1 aromatic heterocycles. The Bertz CT molecular complexity index is 1010. The molecular formula is C16H9ClF2N2O4S. The van der Waals surface area contributed by atoms with Gasteiger partial charge in [-0.15, -0.1) is 11.3 Å². The molecule has 0 fully saturated rings. The topological polar surface area (TPSA) is 81.5 Å². The Morgan fingerprint density at radius 2 is 1.96 bits per heavy atom. The minimum atomic E-state index is -3.05. The number of halogens is 3. The number of carbonyl (C=O) groups is 1. The number of carbonyl (C=O) groups excluding carboxylic acids is 1. The average molecular weight is 399 g/mol. The molecule has 3 aromatic rings. The van der Waals surface area contributed by atoms with Crippen LogP contribution in [0.3, 0.4) is 0 Å². The number of nitrogens with zero attached hydrogens (tertiary/aromatic N) is 1. The van der Waals surface area contributed by atoms with Crippen LogP contribution in [0, 0.1) is 10.1 Å². The highest BCUT2D eigenvalue weighted by Gasteiger charge is 2.23. The lowest BCUT2D eigenvalue weighted by molar-refractivity contribution is -0.382. The minimum Gasteiger partial charge on any atom is -0.433 e. The third-order valence-electron chi connectivity index (χ3n) is 3.39. The molecule has 0 aliphatic heterocycles. The number of anilines is 1. The molecule has 0 atom stereocenters. The number of hydrogen-bond donors (Lipinski definition) is 1. The molecule has 10 heteroatoms. The zero-order chi connectivity index (χ0) is 18.8. The third-order valence-corrected chi connectivity index (χ3v) is 5.12. The van der Waals surface area contributed by atoms with Gasteiger partial charge in [-0.1, -0.05) is 35.9 Å². The van der Waals surface area contributed by atoms with E-state index in [1.54, 1.807) is 6.07 Å². The molecule has 1 N–H and O–H groups in total. The van der Waals surface area contributed by atoms with E-state index in [-0.39, 0.29) is 31.7 Å². The Balaban J connectivity index is 1.98. The van der Waals surface area contributed by atoms with E-state index >= 15 is 0 Å². The maximum absolute atomic E-state index is 12.5. The van der Waals surface area contributed by atoms with E-state index < -0.39 is 17.4 Å². The van der Waals surface area contributed by atoms with Gasteiger partial charge in [0.05, 0.1) is 15.6 Å². The van der Waals surface area contributed by atoms with Gasteiger partial charge in [-0.3, -0.25) is 14.9 Å². The van der Waals surface area contributed by atoms with Gasteiger partial charge in [0.25, 0.3) is 11.6 Å². The van der Waals surface area contributed by atoms with Crippen molar-refractivity contribution in [1.82, 2.24) is 0 Å². The maximum Gasteiger partial charge on any atom is 0.387 e. The maximum atomic E-state index is 12.5. The Kier molecular flexibility index (Phi) is 5.01. The van der Waals surface area contributed by atoms with Gasteiger partial charge in [0, 0.05) is 11.5 Å². The molecule has 0 aliphatic carbocycles. The number of nitro benzene ring substituents is 1. The Morgan fingerprint density at radius 3 is 2.65 bits per heavy atom. The van der Waals surface area contributed by atoms with Crippen molar-refractivity contribution < 1.29 is 23.2 Å². The summed E-state index contributed by atoms with van der Waals surface area (Å²) < 4.78 is 29.5. The first kappa shape index (κ1) is 18.0. The van der Waals surface area contributed by atoms with E-state index in [0.717, 1.165) is 11.3 Å². The fourth-order valence-corrected chi connectivity index (χ4v) is 3.80. The molecule has 134 valence electrons. The van der Waals surface area contributed by atoms with Gasteiger partial charge >= 0.3 is 6.61 Å². The first-order chi connectivity index (χ1) is 12.4. The van der Waals surface area contributed by atoms with Gasteiger partial charge < -0.3 is 10.1 Å². The monoisotopic (exact) mass is 398 g/mol. The third kappa shape index (κ3) is 3.44. The standard InChI is InChI=1S/C16H9ClF2N2O4S/c17-12-8-4-3-6-10(21(23)24)13(8)26-14(12)15(22)20-9-5-1-2-7-11(9)25-16(18)19/h1-7,16H,(H,20,22). The van der Waals surface area contributed by atoms with Crippen LogP contribution in [0.2, 0.25) is 5.02 Å². The van der Waals surface area contributed by atoms with Crippen molar-refractivity contribution in [2.75, 3.05) is 5.32 Å². The molecule has 0 bridgehead atoms. The average Bonchev–Trinajstić information content (AvgIpc) is 2.93. The zero-order valence-corrected chi connectivity index (χ0v) is 14.3. The van der Waals surface area contributed by atoms with Crippen molar-refractivity contribution in [2.24, 2.45) is 0 Å². The smallest absolute Gasteiger partial charge is 0.387 e. The summed E-state index contributed by atoms with van der Waals surface area (Å²) in [5.74, 6) is -0.894. The summed E-state index contributed by atoms with van der Waals surface area (Å²) in [5.41, 5.74) is -0.143. The summed E-state index contributed by atoms with van der Waals surface area (Å²) in [6.07, 6.45) is 0. The van der Waals surface area contributed by atoms with Crippen LogP contribution in [0.5, 0.6) is 5.75 Å². The summed E-state index contributed by atoms with van der Waals surface area (Å²) in [6, 6.07) is 10.0. The summed E-state index contributed by atoms with van der Waals surface area (Å²) in [5, 5.41) is 14.0. The quantitative estimate of drug-likeness (QED) is 0.466. The van der Waals surface area contributed by atoms with Crippen molar-refractivity contribution in [3.63, 3.8) is 0 Å². The second-order valence-corrected chi connectivity index (χ2v) is 6.38. The molecule has 1 heterocycles. The number of nitro groups is 1. The molecular weight excluding hydrogens is 390 g/mol. The molecule has 6 nitrogen and oxygen atoms in total.